The summed E-state index contributed by atoms with van der Waals surface area (Å²) in [5.41, 5.74) is 1.45. The average Bonchev–Trinajstić information content (AvgIpc) is 2.41. The number of benzene rings is 1. The highest BCUT2D eigenvalue weighted by Gasteiger charge is 2.19. The van der Waals surface area contributed by atoms with Crippen LogP contribution < -0.4 is 0 Å². The zero-order valence-electron chi connectivity index (χ0n) is 8.42. The Morgan fingerprint density at radius 2 is 2.00 bits per heavy atom. The number of hydrogen-bond donors (Lipinski definition) is 3. The molecule has 0 spiro atoms. The first kappa shape index (κ1) is 10.5. The maximum atomic E-state index is 10.8. The van der Waals surface area contributed by atoms with E-state index in [0.29, 0.717) is 18.4 Å². The second-order valence-corrected chi connectivity index (χ2v) is 3.71. The first-order valence-electron chi connectivity index (χ1n) is 4.89. The molecule has 0 saturated carbocycles. The number of aryl methyl sites for hydroxylation is 1. The van der Waals surface area contributed by atoms with Gasteiger partial charge in [-0.3, -0.25) is 4.99 Å². The van der Waals surface area contributed by atoms with Gasteiger partial charge in [-0.25, -0.2) is 4.79 Å². The Labute approximate surface area is 91.7 Å². The summed E-state index contributed by atoms with van der Waals surface area (Å²) in [6, 6.07) is 2.08. The van der Waals surface area contributed by atoms with Crippen LogP contribution in [-0.4, -0.2) is 33.5 Å². The van der Waals surface area contributed by atoms with Crippen LogP contribution in [0.3, 0.4) is 0 Å². The van der Waals surface area contributed by atoms with E-state index in [-0.39, 0.29) is 11.5 Å². The number of aliphatic carboxylic acids is 1. The molecule has 2 rings (SSSR count). The molecular weight excluding hydrogens is 210 g/mol. The quantitative estimate of drug-likeness (QED) is 0.615. The lowest BCUT2D eigenvalue weighted by atomic mass is 10.0. The number of hydrogen-bond acceptors (Lipinski definition) is 4. The molecule has 0 aliphatic carbocycles. The van der Waals surface area contributed by atoms with Crippen molar-refractivity contribution in [1.29, 1.82) is 0 Å². The van der Waals surface area contributed by atoms with Crippen LogP contribution in [0.5, 0.6) is 11.5 Å². The number of nitrogens with zero attached hydrogens (tertiary/aromatic N) is 1. The van der Waals surface area contributed by atoms with Crippen molar-refractivity contribution in [2.45, 2.75) is 18.9 Å². The van der Waals surface area contributed by atoms with Crippen molar-refractivity contribution in [3.05, 3.63) is 23.3 Å². The van der Waals surface area contributed by atoms with Crippen molar-refractivity contribution in [2.75, 3.05) is 0 Å². The van der Waals surface area contributed by atoms with Gasteiger partial charge in [0.25, 0.3) is 0 Å². The van der Waals surface area contributed by atoms with E-state index in [0.717, 1.165) is 5.56 Å². The van der Waals surface area contributed by atoms with Gasteiger partial charge in [-0.2, -0.15) is 0 Å². The second kappa shape index (κ2) is 3.84. The van der Waals surface area contributed by atoms with Crippen LogP contribution in [0.2, 0.25) is 0 Å². The van der Waals surface area contributed by atoms with Crippen molar-refractivity contribution in [2.24, 2.45) is 4.99 Å². The summed E-state index contributed by atoms with van der Waals surface area (Å²) < 4.78 is 0. The Morgan fingerprint density at radius 1 is 1.31 bits per heavy atom. The number of carboxylic acids is 1. The molecule has 5 nitrogen and oxygen atoms in total. The molecule has 16 heavy (non-hydrogen) atoms. The van der Waals surface area contributed by atoms with E-state index in [1.807, 2.05) is 0 Å². The molecular formula is C11H11NO4. The van der Waals surface area contributed by atoms with Crippen molar-refractivity contribution in [3.63, 3.8) is 0 Å². The van der Waals surface area contributed by atoms with E-state index in [9.17, 15) is 15.0 Å². The van der Waals surface area contributed by atoms with Gasteiger partial charge in [-0.15, -0.1) is 0 Å². The molecule has 3 N–H and O–H groups in total. The highest BCUT2D eigenvalue weighted by Crippen LogP contribution is 2.29. The fourth-order valence-electron chi connectivity index (χ4n) is 1.70. The number of carbonyl (C=O) groups is 1. The predicted molar refractivity (Wildman–Crippen MR) is 57.1 cm³/mol. The van der Waals surface area contributed by atoms with Crippen LogP contribution in [0.15, 0.2) is 17.1 Å². The van der Waals surface area contributed by atoms with Crippen LogP contribution in [0, 0.1) is 0 Å². The predicted octanol–water partition coefficient (Wildman–Crippen LogP) is 0.916. The Hall–Kier alpha value is -2.04. The van der Waals surface area contributed by atoms with E-state index in [1.165, 1.54) is 18.3 Å². The third-order valence-electron chi connectivity index (χ3n) is 2.60. The van der Waals surface area contributed by atoms with Gasteiger partial charge in [-0.1, -0.05) is 0 Å². The first-order chi connectivity index (χ1) is 7.58. The third-order valence-corrected chi connectivity index (χ3v) is 2.60. The molecule has 1 aromatic rings. The molecule has 0 saturated heterocycles. The Kier molecular flexibility index (Phi) is 2.52. The number of carboxylic acid groups (broad SMARTS) is 1. The van der Waals surface area contributed by atoms with E-state index in [2.05, 4.69) is 4.99 Å². The number of fused-ring (bicyclic) bond motifs is 1. The maximum absolute atomic E-state index is 10.8. The normalized spacial score (nSPS) is 18.9. The molecule has 1 heterocycles. The second-order valence-electron chi connectivity index (χ2n) is 3.71. The van der Waals surface area contributed by atoms with E-state index in [1.54, 1.807) is 0 Å². The molecule has 84 valence electrons. The third kappa shape index (κ3) is 1.84. The largest absolute Gasteiger partial charge is 0.504 e. The van der Waals surface area contributed by atoms with Crippen molar-refractivity contribution < 1.29 is 20.1 Å². The highest BCUT2D eigenvalue weighted by molar-refractivity contribution is 5.86. The highest BCUT2D eigenvalue weighted by atomic mass is 16.4. The Bertz CT molecular complexity index is 467. The van der Waals surface area contributed by atoms with Crippen molar-refractivity contribution >= 4 is 12.2 Å². The summed E-state index contributed by atoms with van der Waals surface area (Å²) in [6.07, 6.45) is 2.34. The van der Waals surface area contributed by atoms with Crippen LogP contribution in [0.25, 0.3) is 0 Å². The van der Waals surface area contributed by atoms with Gasteiger partial charge in [-0.05, 0) is 36.1 Å². The molecule has 0 fully saturated rings. The van der Waals surface area contributed by atoms with Gasteiger partial charge in [0, 0.05) is 6.21 Å². The molecule has 1 aliphatic heterocycles. The minimum atomic E-state index is -0.961. The van der Waals surface area contributed by atoms with Crippen LogP contribution in [-0.2, 0) is 11.2 Å². The van der Waals surface area contributed by atoms with Crippen LogP contribution in [0.1, 0.15) is 17.5 Å². The molecule has 0 radical (unpaired) electrons. The van der Waals surface area contributed by atoms with Gasteiger partial charge < -0.3 is 15.3 Å². The van der Waals surface area contributed by atoms with Gasteiger partial charge >= 0.3 is 5.97 Å². The summed E-state index contributed by atoms with van der Waals surface area (Å²) in [6.45, 7) is 0. The van der Waals surface area contributed by atoms with Crippen molar-refractivity contribution in [3.8, 4) is 11.5 Å². The smallest absolute Gasteiger partial charge is 0.328 e. The topological polar surface area (TPSA) is 90.1 Å². The number of aromatic hydroxyl groups is 2. The molecule has 5 heteroatoms. The van der Waals surface area contributed by atoms with E-state index < -0.39 is 12.0 Å². The molecule has 1 aromatic carbocycles. The minimum absolute atomic E-state index is 0.194. The molecule has 0 bridgehead atoms. The summed E-state index contributed by atoms with van der Waals surface area (Å²) in [5, 5.41) is 27.5. The number of phenols is 2. The van der Waals surface area contributed by atoms with Gasteiger partial charge in [0.15, 0.2) is 11.5 Å². The molecule has 0 aromatic heterocycles. The standard InChI is InChI=1S/C11H11NO4/c13-9-3-6-1-2-8(11(15)16)12-5-7(6)4-10(9)14/h3-5,8,13-14H,1-2H2,(H,15,16). The molecule has 0 amide bonds. The number of aliphatic imine (C=N–C) groups is 1. The number of phenolic OH excluding ortho intramolecular Hbond substituents is 2. The first-order valence-corrected chi connectivity index (χ1v) is 4.89. The lowest BCUT2D eigenvalue weighted by Crippen LogP contribution is -2.17. The monoisotopic (exact) mass is 221 g/mol. The minimum Gasteiger partial charge on any atom is -0.504 e. The summed E-state index contributed by atoms with van der Waals surface area (Å²) in [5.74, 6) is -1.38. The SMILES string of the molecule is O=C(O)C1CCc2cc(O)c(O)cc2C=N1. The van der Waals surface area contributed by atoms with Gasteiger partial charge in [0.05, 0.1) is 0 Å². The fourth-order valence-corrected chi connectivity index (χ4v) is 1.70. The molecule has 1 unspecified atom stereocenters. The lowest BCUT2D eigenvalue weighted by Gasteiger charge is -2.06. The Balaban J connectivity index is 2.38. The molecule has 1 atom stereocenters. The summed E-state index contributed by atoms with van der Waals surface area (Å²) >= 11 is 0. The summed E-state index contributed by atoms with van der Waals surface area (Å²) in [7, 11) is 0. The maximum Gasteiger partial charge on any atom is 0.328 e. The van der Waals surface area contributed by atoms with Gasteiger partial charge in [0.1, 0.15) is 6.04 Å². The van der Waals surface area contributed by atoms with E-state index >= 15 is 0 Å². The van der Waals surface area contributed by atoms with Crippen molar-refractivity contribution in [1.82, 2.24) is 0 Å². The van der Waals surface area contributed by atoms with E-state index in [4.69, 9.17) is 5.11 Å². The van der Waals surface area contributed by atoms with Gasteiger partial charge in [0.2, 0.25) is 0 Å². The average molecular weight is 221 g/mol. The zero-order chi connectivity index (χ0) is 11.7. The number of rotatable bonds is 1. The lowest BCUT2D eigenvalue weighted by molar-refractivity contribution is -0.138. The zero-order valence-corrected chi connectivity index (χ0v) is 8.42. The summed E-state index contributed by atoms with van der Waals surface area (Å²) in [4.78, 5) is 14.7. The Morgan fingerprint density at radius 3 is 2.69 bits per heavy atom. The van der Waals surface area contributed by atoms with Crippen LogP contribution >= 0.6 is 0 Å². The van der Waals surface area contributed by atoms with Crippen LogP contribution in [0.4, 0.5) is 0 Å². The fraction of sp³-hybridized carbons (Fsp3) is 0.273. The molecule has 1 aliphatic rings.